The highest BCUT2D eigenvalue weighted by molar-refractivity contribution is 8.04. The molecule has 1 fully saturated rings. The fraction of sp³-hybridized carbons (Fsp3) is 0.429. The highest BCUT2D eigenvalue weighted by Gasteiger charge is 2.31. The fourth-order valence-corrected chi connectivity index (χ4v) is 4.45. The summed E-state index contributed by atoms with van der Waals surface area (Å²) in [5, 5.41) is 6.71. The van der Waals surface area contributed by atoms with Crippen molar-refractivity contribution in [3.8, 4) is 0 Å². The van der Waals surface area contributed by atoms with E-state index in [9.17, 15) is 9.59 Å². The number of ketones is 1. The quantitative estimate of drug-likeness (QED) is 0.779. The highest BCUT2D eigenvalue weighted by Crippen LogP contribution is 2.38. The molecule has 1 saturated heterocycles. The van der Waals surface area contributed by atoms with Gasteiger partial charge in [0.1, 0.15) is 0 Å². The van der Waals surface area contributed by atoms with Gasteiger partial charge in [-0.2, -0.15) is 0 Å². The van der Waals surface area contributed by atoms with Gasteiger partial charge < -0.3 is 10.6 Å². The Hall–Kier alpha value is -2.01. The number of carbonyl (C=O) groups is 2. The molecule has 0 radical (unpaired) electrons. The third kappa shape index (κ3) is 4.39. The minimum atomic E-state index is -0.424. The molecule has 138 valence electrons. The maximum absolute atomic E-state index is 12.7. The van der Waals surface area contributed by atoms with Crippen LogP contribution in [0.15, 0.2) is 58.7 Å². The molecule has 1 heterocycles. The number of nitrogens with one attached hydrogen (secondary N) is 2. The normalized spacial score (nSPS) is 25.0. The SMILES string of the molecule is CC(=O)[C@H](CC(C)C)NC(=O)C1=CC2NC3=CC=CCC=C3SC2C=C1. The summed E-state index contributed by atoms with van der Waals surface area (Å²) in [4.78, 5) is 25.7. The first-order chi connectivity index (χ1) is 12.4. The lowest BCUT2D eigenvalue weighted by Gasteiger charge is -2.34. The molecular formula is C21H26N2O2S. The van der Waals surface area contributed by atoms with Gasteiger partial charge in [0.05, 0.1) is 17.3 Å². The average molecular weight is 371 g/mol. The molecule has 2 unspecified atom stereocenters. The van der Waals surface area contributed by atoms with Gasteiger partial charge in [0.2, 0.25) is 0 Å². The Balaban J connectivity index is 1.71. The molecule has 1 aliphatic heterocycles. The number of thioether (sulfide) groups is 1. The summed E-state index contributed by atoms with van der Waals surface area (Å²) in [5.41, 5.74) is 1.73. The van der Waals surface area contributed by atoms with Crippen LogP contribution in [0.5, 0.6) is 0 Å². The number of Topliss-reactive ketones (excluding diaryl/α,β-unsaturated/α-hetero) is 1. The Morgan fingerprint density at radius 1 is 1.38 bits per heavy atom. The minimum Gasteiger partial charge on any atom is -0.376 e. The number of hydrogen-bond acceptors (Lipinski definition) is 4. The number of hydrogen-bond donors (Lipinski definition) is 2. The van der Waals surface area contributed by atoms with Crippen LogP contribution in [0.25, 0.3) is 0 Å². The Bertz CT molecular complexity index is 743. The van der Waals surface area contributed by atoms with Crippen LogP contribution in [0.2, 0.25) is 0 Å². The van der Waals surface area contributed by atoms with Crippen molar-refractivity contribution in [2.75, 3.05) is 0 Å². The molecule has 3 atom stereocenters. The lowest BCUT2D eigenvalue weighted by Crippen LogP contribution is -2.44. The van der Waals surface area contributed by atoms with E-state index in [0.717, 1.165) is 12.1 Å². The van der Waals surface area contributed by atoms with Crippen molar-refractivity contribution >= 4 is 23.5 Å². The number of amides is 1. The van der Waals surface area contributed by atoms with Gasteiger partial charge in [-0.3, -0.25) is 9.59 Å². The summed E-state index contributed by atoms with van der Waals surface area (Å²) in [6, 6.07) is -0.353. The monoisotopic (exact) mass is 370 g/mol. The second-order valence-electron chi connectivity index (χ2n) is 7.31. The predicted molar refractivity (Wildman–Crippen MR) is 108 cm³/mol. The smallest absolute Gasteiger partial charge is 0.251 e. The van der Waals surface area contributed by atoms with E-state index in [1.807, 2.05) is 23.9 Å². The Labute approximate surface area is 159 Å². The van der Waals surface area contributed by atoms with Gasteiger partial charge in [0.15, 0.2) is 5.78 Å². The van der Waals surface area contributed by atoms with E-state index < -0.39 is 6.04 Å². The van der Waals surface area contributed by atoms with E-state index in [2.05, 4.69) is 54.9 Å². The molecule has 0 saturated carbocycles. The highest BCUT2D eigenvalue weighted by atomic mass is 32.2. The van der Waals surface area contributed by atoms with E-state index in [1.165, 1.54) is 11.8 Å². The van der Waals surface area contributed by atoms with Crippen molar-refractivity contribution in [2.45, 2.75) is 50.9 Å². The summed E-state index contributed by atoms with van der Waals surface area (Å²) >= 11 is 1.83. The van der Waals surface area contributed by atoms with Gasteiger partial charge in [0.25, 0.3) is 5.91 Å². The Kier molecular flexibility index (Phi) is 5.87. The molecule has 3 rings (SSSR count). The molecule has 0 aromatic heterocycles. The van der Waals surface area contributed by atoms with Gasteiger partial charge in [-0.05, 0) is 37.8 Å². The van der Waals surface area contributed by atoms with Crippen molar-refractivity contribution in [3.63, 3.8) is 0 Å². The molecule has 2 N–H and O–H groups in total. The first-order valence-corrected chi connectivity index (χ1v) is 10.0. The first kappa shape index (κ1) is 18.8. The zero-order valence-corrected chi connectivity index (χ0v) is 16.3. The van der Waals surface area contributed by atoms with Gasteiger partial charge in [-0.1, -0.05) is 44.2 Å². The lowest BCUT2D eigenvalue weighted by atomic mass is 9.98. The Morgan fingerprint density at radius 3 is 2.92 bits per heavy atom. The van der Waals surface area contributed by atoms with Crippen molar-refractivity contribution in [1.82, 2.24) is 10.6 Å². The molecular weight excluding hydrogens is 344 g/mol. The summed E-state index contributed by atoms with van der Waals surface area (Å²) in [5.74, 6) is 0.173. The summed E-state index contributed by atoms with van der Waals surface area (Å²) in [7, 11) is 0. The minimum absolute atomic E-state index is 0.00170. The Morgan fingerprint density at radius 2 is 2.19 bits per heavy atom. The van der Waals surface area contributed by atoms with Crippen LogP contribution in [-0.4, -0.2) is 29.0 Å². The van der Waals surface area contributed by atoms with Crippen LogP contribution in [0.4, 0.5) is 0 Å². The molecule has 2 aliphatic carbocycles. The second-order valence-corrected chi connectivity index (χ2v) is 8.53. The predicted octanol–water partition coefficient (Wildman–Crippen LogP) is 3.40. The zero-order chi connectivity index (χ0) is 18.7. The maximum Gasteiger partial charge on any atom is 0.251 e. The van der Waals surface area contributed by atoms with Gasteiger partial charge in [-0.25, -0.2) is 0 Å². The van der Waals surface area contributed by atoms with Crippen LogP contribution >= 0.6 is 11.8 Å². The van der Waals surface area contributed by atoms with E-state index in [1.54, 1.807) is 0 Å². The van der Waals surface area contributed by atoms with Gasteiger partial charge in [-0.15, -0.1) is 11.8 Å². The van der Waals surface area contributed by atoms with Crippen LogP contribution in [0.3, 0.4) is 0 Å². The van der Waals surface area contributed by atoms with E-state index in [-0.39, 0.29) is 23.0 Å². The summed E-state index contributed by atoms with van der Waals surface area (Å²) in [6.07, 6.45) is 16.0. The molecule has 0 aromatic rings. The number of carbonyl (C=O) groups excluding carboxylic acids is 2. The molecule has 3 aliphatic rings. The van der Waals surface area contributed by atoms with Crippen LogP contribution in [0, 0.1) is 5.92 Å². The van der Waals surface area contributed by atoms with Gasteiger partial charge >= 0.3 is 0 Å². The van der Waals surface area contributed by atoms with E-state index >= 15 is 0 Å². The van der Waals surface area contributed by atoms with Gasteiger partial charge in [0, 0.05) is 16.2 Å². The number of rotatable bonds is 5. The molecule has 1 amide bonds. The maximum atomic E-state index is 12.7. The third-order valence-electron chi connectivity index (χ3n) is 4.63. The summed E-state index contributed by atoms with van der Waals surface area (Å²) in [6.45, 7) is 5.64. The molecule has 26 heavy (non-hydrogen) atoms. The standard InChI is InChI=1S/C21H26N2O2S/c1-13(2)11-17(14(3)24)23-21(25)15-9-10-20-18(12-15)22-16-7-5-4-6-8-19(16)26-20/h4-5,7-10,12-13,17-18,20,22H,6,11H2,1-3H3,(H,23,25)/t17-,18?,20?/m0/s1. The molecule has 0 aromatic carbocycles. The lowest BCUT2D eigenvalue weighted by molar-refractivity contribution is -0.125. The number of fused-ring (bicyclic) bond motifs is 2. The van der Waals surface area contributed by atoms with Crippen molar-refractivity contribution in [3.05, 3.63) is 58.7 Å². The average Bonchev–Trinajstić information content (AvgIpc) is 2.82. The molecule has 5 heteroatoms. The third-order valence-corrected chi connectivity index (χ3v) is 6.00. The molecule has 0 bridgehead atoms. The van der Waals surface area contributed by atoms with E-state index in [4.69, 9.17) is 0 Å². The zero-order valence-electron chi connectivity index (χ0n) is 15.5. The van der Waals surface area contributed by atoms with Crippen molar-refractivity contribution in [2.24, 2.45) is 5.92 Å². The largest absolute Gasteiger partial charge is 0.376 e. The van der Waals surface area contributed by atoms with Crippen LogP contribution in [0.1, 0.15) is 33.6 Å². The number of allylic oxidation sites excluding steroid dienone is 4. The van der Waals surface area contributed by atoms with Crippen molar-refractivity contribution in [1.29, 1.82) is 0 Å². The molecule has 4 nitrogen and oxygen atoms in total. The second kappa shape index (κ2) is 8.12. The van der Waals surface area contributed by atoms with E-state index in [0.29, 0.717) is 17.9 Å². The van der Waals surface area contributed by atoms with Crippen LogP contribution < -0.4 is 10.6 Å². The fourth-order valence-electron chi connectivity index (χ4n) is 3.26. The topological polar surface area (TPSA) is 58.2 Å². The summed E-state index contributed by atoms with van der Waals surface area (Å²) < 4.78 is 0. The van der Waals surface area contributed by atoms with Crippen molar-refractivity contribution < 1.29 is 9.59 Å². The van der Waals surface area contributed by atoms with Crippen LogP contribution in [-0.2, 0) is 9.59 Å². The first-order valence-electron chi connectivity index (χ1n) is 9.16. The molecule has 0 spiro atoms.